The molecule has 4 nitrogen and oxygen atoms in total. The van der Waals surface area contributed by atoms with Crippen LogP contribution in [0.4, 0.5) is 4.79 Å². The van der Waals surface area contributed by atoms with Crippen molar-refractivity contribution in [3.8, 4) is 0 Å². The number of carbonyl (C=O) groups is 1. The van der Waals surface area contributed by atoms with Crippen molar-refractivity contribution in [1.29, 1.82) is 0 Å². The van der Waals surface area contributed by atoms with Crippen LogP contribution in [0, 0.1) is 0 Å². The Kier molecular flexibility index (Phi) is 4.73. The van der Waals surface area contributed by atoms with Crippen LogP contribution >= 0.6 is 0 Å². The topological polar surface area (TPSA) is 41.6 Å². The predicted octanol–water partition coefficient (Wildman–Crippen LogP) is 1.22. The third kappa shape index (κ3) is 3.18. The van der Waals surface area contributed by atoms with Gasteiger partial charge in [0.2, 0.25) is 0 Å². The van der Waals surface area contributed by atoms with Gasteiger partial charge in [-0.15, -0.1) is 0 Å². The molecule has 0 atom stereocenters. The largest absolute Gasteiger partial charge is 0.383 e. The average molecular weight is 200 g/mol. The molecule has 0 aromatic carbocycles. The van der Waals surface area contributed by atoms with Gasteiger partial charge >= 0.3 is 6.03 Å². The lowest BCUT2D eigenvalue weighted by Crippen LogP contribution is -2.48. The number of nitrogens with zero attached hydrogens (tertiary/aromatic N) is 1. The summed E-state index contributed by atoms with van der Waals surface area (Å²) in [6.07, 6.45) is 3.51. The molecule has 0 aliphatic heterocycles. The van der Waals surface area contributed by atoms with E-state index in [2.05, 4.69) is 5.32 Å². The Labute approximate surface area is 85.6 Å². The molecule has 82 valence electrons. The van der Waals surface area contributed by atoms with Crippen LogP contribution < -0.4 is 5.32 Å². The van der Waals surface area contributed by atoms with Gasteiger partial charge in [-0.05, 0) is 26.2 Å². The summed E-state index contributed by atoms with van der Waals surface area (Å²) in [5.74, 6) is 0. The van der Waals surface area contributed by atoms with E-state index in [4.69, 9.17) is 4.74 Å². The Morgan fingerprint density at radius 2 is 2.29 bits per heavy atom. The van der Waals surface area contributed by atoms with Gasteiger partial charge in [0.25, 0.3) is 0 Å². The first-order chi connectivity index (χ1) is 6.77. The van der Waals surface area contributed by atoms with Gasteiger partial charge in [0.05, 0.1) is 6.61 Å². The van der Waals surface area contributed by atoms with E-state index in [1.54, 1.807) is 12.0 Å². The van der Waals surface area contributed by atoms with Crippen LogP contribution in [0.2, 0.25) is 0 Å². The van der Waals surface area contributed by atoms with Gasteiger partial charge in [-0.25, -0.2) is 4.79 Å². The number of hydrogen-bond acceptors (Lipinski definition) is 2. The molecule has 0 aromatic heterocycles. The van der Waals surface area contributed by atoms with E-state index < -0.39 is 0 Å². The zero-order valence-electron chi connectivity index (χ0n) is 9.08. The van der Waals surface area contributed by atoms with Crippen molar-refractivity contribution in [1.82, 2.24) is 10.2 Å². The van der Waals surface area contributed by atoms with E-state index in [0.717, 1.165) is 19.4 Å². The number of nitrogens with one attached hydrogen (secondary N) is 1. The number of amides is 2. The third-order valence-corrected chi connectivity index (χ3v) is 2.67. The lowest BCUT2D eigenvalue weighted by molar-refractivity contribution is 0.147. The molecule has 0 spiro atoms. The van der Waals surface area contributed by atoms with Gasteiger partial charge in [0, 0.05) is 26.2 Å². The summed E-state index contributed by atoms with van der Waals surface area (Å²) in [5, 5.41) is 3.01. The minimum absolute atomic E-state index is 0.0502. The molecular formula is C10H20N2O2. The summed E-state index contributed by atoms with van der Waals surface area (Å²) in [6, 6.07) is 0.466. The third-order valence-electron chi connectivity index (χ3n) is 2.67. The Balaban J connectivity index is 2.23. The molecule has 4 heteroatoms. The van der Waals surface area contributed by atoms with Crippen LogP contribution in [-0.2, 0) is 4.74 Å². The summed E-state index contributed by atoms with van der Waals surface area (Å²) in [6.45, 7) is 4.00. The molecule has 0 heterocycles. The fourth-order valence-corrected chi connectivity index (χ4v) is 1.42. The summed E-state index contributed by atoms with van der Waals surface area (Å²) >= 11 is 0. The van der Waals surface area contributed by atoms with Crippen molar-refractivity contribution in [3.63, 3.8) is 0 Å². The smallest absolute Gasteiger partial charge is 0.317 e. The molecule has 1 N–H and O–H groups in total. The highest BCUT2D eigenvalue weighted by molar-refractivity contribution is 5.74. The van der Waals surface area contributed by atoms with Crippen molar-refractivity contribution in [3.05, 3.63) is 0 Å². The Hall–Kier alpha value is -0.770. The van der Waals surface area contributed by atoms with Crippen LogP contribution in [0.15, 0.2) is 0 Å². The molecule has 0 saturated heterocycles. The molecule has 0 radical (unpaired) electrons. The molecule has 2 amide bonds. The van der Waals surface area contributed by atoms with Gasteiger partial charge < -0.3 is 15.0 Å². The lowest BCUT2D eigenvalue weighted by atomic mass is 9.93. The molecule has 1 saturated carbocycles. The zero-order valence-corrected chi connectivity index (χ0v) is 9.08. The number of methoxy groups -OCH3 is 1. The van der Waals surface area contributed by atoms with Crippen LogP contribution in [-0.4, -0.2) is 43.8 Å². The monoisotopic (exact) mass is 200 g/mol. The van der Waals surface area contributed by atoms with Gasteiger partial charge in [0.15, 0.2) is 0 Å². The molecule has 1 aliphatic rings. The number of hydrogen-bond donors (Lipinski definition) is 1. The number of ether oxygens (including phenoxy) is 1. The summed E-state index contributed by atoms with van der Waals surface area (Å²) < 4.78 is 4.95. The molecule has 1 rings (SSSR count). The van der Waals surface area contributed by atoms with E-state index in [1.807, 2.05) is 6.92 Å². The van der Waals surface area contributed by atoms with Crippen molar-refractivity contribution < 1.29 is 9.53 Å². The number of likely N-dealkylation sites (N-methyl/N-ethyl adjacent to an activating group) is 1. The number of carbonyl (C=O) groups excluding carboxylic acids is 1. The standard InChI is InChI=1S/C10H20N2O2/c1-3-12(7-8-14-2)10(13)11-9-5-4-6-9/h9H,3-8H2,1-2H3,(H,11,13). The van der Waals surface area contributed by atoms with Crippen LogP contribution in [0.3, 0.4) is 0 Å². The second-order valence-corrected chi connectivity index (χ2v) is 3.65. The lowest BCUT2D eigenvalue weighted by Gasteiger charge is -2.30. The Bertz CT molecular complexity index is 181. The van der Waals surface area contributed by atoms with Crippen LogP contribution in [0.1, 0.15) is 26.2 Å². The first-order valence-corrected chi connectivity index (χ1v) is 5.32. The normalized spacial score (nSPS) is 16.1. The molecule has 0 aromatic rings. The molecule has 14 heavy (non-hydrogen) atoms. The maximum atomic E-state index is 11.6. The minimum atomic E-state index is 0.0502. The zero-order chi connectivity index (χ0) is 10.4. The fraction of sp³-hybridized carbons (Fsp3) is 0.900. The fourth-order valence-electron chi connectivity index (χ4n) is 1.42. The maximum absolute atomic E-state index is 11.6. The highest BCUT2D eigenvalue weighted by Gasteiger charge is 2.21. The van der Waals surface area contributed by atoms with Crippen LogP contribution in [0.5, 0.6) is 0 Å². The van der Waals surface area contributed by atoms with E-state index in [9.17, 15) is 4.79 Å². The van der Waals surface area contributed by atoms with E-state index >= 15 is 0 Å². The van der Waals surface area contributed by atoms with Crippen molar-refractivity contribution in [2.45, 2.75) is 32.2 Å². The van der Waals surface area contributed by atoms with E-state index in [-0.39, 0.29) is 6.03 Å². The predicted molar refractivity (Wildman–Crippen MR) is 55.3 cm³/mol. The molecule has 1 aliphatic carbocycles. The Morgan fingerprint density at radius 3 is 2.71 bits per heavy atom. The first-order valence-electron chi connectivity index (χ1n) is 5.32. The average Bonchev–Trinajstić information content (AvgIpc) is 2.13. The molecule has 0 unspecified atom stereocenters. The van der Waals surface area contributed by atoms with Crippen molar-refractivity contribution in [2.75, 3.05) is 26.8 Å². The van der Waals surface area contributed by atoms with Gasteiger partial charge in [0.1, 0.15) is 0 Å². The summed E-state index contributed by atoms with van der Waals surface area (Å²) in [7, 11) is 1.65. The van der Waals surface area contributed by atoms with E-state index in [0.29, 0.717) is 19.2 Å². The summed E-state index contributed by atoms with van der Waals surface area (Å²) in [4.78, 5) is 13.4. The van der Waals surface area contributed by atoms with Crippen molar-refractivity contribution >= 4 is 6.03 Å². The Morgan fingerprint density at radius 1 is 1.57 bits per heavy atom. The molecular weight excluding hydrogens is 180 g/mol. The number of urea groups is 1. The maximum Gasteiger partial charge on any atom is 0.317 e. The summed E-state index contributed by atoms with van der Waals surface area (Å²) in [5.41, 5.74) is 0. The first kappa shape index (κ1) is 11.3. The second kappa shape index (κ2) is 5.86. The minimum Gasteiger partial charge on any atom is -0.383 e. The van der Waals surface area contributed by atoms with Crippen LogP contribution in [0.25, 0.3) is 0 Å². The van der Waals surface area contributed by atoms with Gasteiger partial charge in [-0.3, -0.25) is 0 Å². The van der Waals surface area contributed by atoms with Crippen molar-refractivity contribution in [2.24, 2.45) is 0 Å². The van der Waals surface area contributed by atoms with E-state index in [1.165, 1.54) is 6.42 Å². The second-order valence-electron chi connectivity index (χ2n) is 3.65. The van der Waals surface area contributed by atoms with Gasteiger partial charge in [-0.1, -0.05) is 0 Å². The SMILES string of the molecule is CCN(CCOC)C(=O)NC1CCC1. The van der Waals surface area contributed by atoms with Gasteiger partial charge in [-0.2, -0.15) is 0 Å². The molecule has 1 fully saturated rings. The number of rotatable bonds is 5. The molecule has 0 bridgehead atoms. The highest BCUT2D eigenvalue weighted by atomic mass is 16.5. The quantitative estimate of drug-likeness (QED) is 0.725. The highest BCUT2D eigenvalue weighted by Crippen LogP contribution is 2.18.